The van der Waals surface area contributed by atoms with Gasteiger partial charge in [0.2, 0.25) is 0 Å². The van der Waals surface area contributed by atoms with Crippen LogP contribution >= 0.6 is 0 Å². The minimum atomic E-state index is -1.18. The topological polar surface area (TPSA) is 102 Å². The van der Waals surface area contributed by atoms with Gasteiger partial charge in [-0.15, -0.1) is 0 Å². The van der Waals surface area contributed by atoms with E-state index in [4.69, 9.17) is 4.74 Å². The van der Waals surface area contributed by atoms with Crippen LogP contribution in [0.15, 0.2) is 84.9 Å². The molecule has 0 aliphatic heterocycles. The van der Waals surface area contributed by atoms with E-state index in [9.17, 15) is 19.8 Å². The third-order valence-corrected chi connectivity index (χ3v) is 4.67. The highest BCUT2D eigenvalue weighted by molar-refractivity contribution is 5.89. The number of benzene rings is 3. The number of para-hydroxylation sites is 1. The lowest BCUT2D eigenvalue weighted by Gasteiger charge is -2.13. The molecule has 0 amide bonds. The van der Waals surface area contributed by atoms with Gasteiger partial charge in [0.25, 0.3) is 0 Å². The van der Waals surface area contributed by atoms with Crippen molar-refractivity contribution in [2.45, 2.75) is 6.61 Å². The average Bonchev–Trinajstić information content (AvgIpc) is 3.24. The lowest BCUT2D eigenvalue weighted by Crippen LogP contribution is -2.05. The maximum Gasteiger partial charge on any atom is 0.356 e. The molecule has 1 aromatic heterocycles. The Morgan fingerprint density at radius 1 is 0.839 bits per heavy atom. The summed E-state index contributed by atoms with van der Waals surface area (Å²) < 4.78 is 7.43. The van der Waals surface area contributed by atoms with Crippen LogP contribution in [0.2, 0.25) is 0 Å². The lowest BCUT2D eigenvalue weighted by molar-refractivity contribution is 0.0681. The Morgan fingerprint density at radius 3 is 2.32 bits per heavy atom. The molecule has 0 saturated carbocycles. The van der Waals surface area contributed by atoms with Gasteiger partial charge in [-0.3, -0.25) is 0 Å². The second-order valence-electron chi connectivity index (χ2n) is 6.76. The van der Waals surface area contributed by atoms with E-state index in [0.29, 0.717) is 29.3 Å². The Balaban J connectivity index is 1.79. The van der Waals surface area contributed by atoms with Crippen LogP contribution in [-0.2, 0) is 6.61 Å². The summed E-state index contributed by atoms with van der Waals surface area (Å²) >= 11 is 0. The van der Waals surface area contributed by atoms with E-state index in [-0.39, 0.29) is 11.3 Å². The fraction of sp³-hybridized carbons (Fsp3) is 0.0417. The van der Waals surface area contributed by atoms with Crippen molar-refractivity contribution in [2.24, 2.45) is 0 Å². The van der Waals surface area contributed by atoms with Gasteiger partial charge in [0, 0.05) is 5.56 Å². The molecule has 0 aliphatic carbocycles. The maximum absolute atomic E-state index is 11.6. The summed E-state index contributed by atoms with van der Waals surface area (Å²) in [6.45, 7) is 0.340. The minimum absolute atomic E-state index is 0.0736. The number of ether oxygens (including phenoxy) is 1. The number of hydrogen-bond acceptors (Lipinski definition) is 4. The Kier molecular flexibility index (Phi) is 5.49. The van der Waals surface area contributed by atoms with Crippen molar-refractivity contribution in [1.82, 2.24) is 9.78 Å². The summed E-state index contributed by atoms with van der Waals surface area (Å²) in [7, 11) is 0. The molecule has 31 heavy (non-hydrogen) atoms. The Hall–Kier alpha value is -4.39. The van der Waals surface area contributed by atoms with Gasteiger partial charge in [0.1, 0.15) is 12.4 Å². The summed E-state index contributed by atoms with van der Waals surface area (Å²) in [6.07, 6.45) is 0. The fourth-order valence-corrected chi connectivity index (χ4v) is 3.18. The van der Waals surface area contributed by atoms with E-state index in [1.165, 1.54) is 22.9 Å². The second kappa shape index (κ2) is 8.54. The summed E-state index contributed by atoms with van der Waals surface area (Å²) in [5, 5.41) is 23.0. The van der Waals surface area contributed by atoms with Crippen LogP contribution in [0.4, 0.5) is 0 Å². The number of carboxylic acid groups (broad SMARTS) is 2. The molecule has 7 heteroatoms. The van der Waals surface area contributed by atoms with Crippen LogP contribution in [0.25, 0.3) is 16.9 Å². The van der Waals surface area contributed by atoms with E-state index in [1.54, 1.807) is 24.3 Å². The van der Waals surface area contributed by atoms with Crippen molar-refractivity contribution < 1.29 is 24.5 Å². The predicted octanol–water partition coefficient (Wildman–Crippen LogP) is 4.51. The molecular formula is C24H18N2O5. The van der Waals surface area contributed by atoms with Crippen molar-refractivity contribution in [3.63, 3.8) is 0 Å². The van der Waals surface area contributed by atoms with Crippen LogP contribution in [0.3, 0.4) is 0 Å². The third kappa shape index (κ3) is 4.30. The Morgan fingerprint density at radius 2 is 1.58 bits per heavy atom. The highest BCUT2D eigenvalue weighted by atomic mass is 16.5. The van der Waals surface area contributed by atoms with Gasteiger partial charge in [-0.05, 0) is 42.0 Å². The van der Waals surface area contributed by atoms with Gasteiger partial charge < -0.3 is 14.9 Å². The molecule has 0 radical (unpaired) electrons. The SMILES string of the molecule is O=C(O)c1cccc(-n2nc(C(=O)O)cc2-c2ccccc2OCc2ccccc2)c1. The predicted molar refractivity (Wildman–Crippen MR) is 114 cm³/mol. The monoisotopic (exact) mass is 414 g/mol. The number of carboxylic acids is 2. The minimum Gasteiger partial charge on any atom is -0.488 e. The highest BCUT2D eigenvalue weighted by Gasteiger charge is 2.19. The van der Waals surface area contributed by atoms with Crippen LogP contribution in [0, 0.1) is 0 Å². The molecule has 4 aromatic rings. The van der Waals surface area contributed by atoms with Crippen LogP contribution in [0.5, 0.6) is 5.75 Å². The van der Waals surface area contributed by atoms with Crippen molar-refractivity contribution in [2.75, 3.05) is 0 Å². The summed E-state index contributed by atoms with van der Waals surface area (Å²) in [4.78, 5) is 23.0. The summed E-state index contributed by atoms with van der Waals surface area (Å²) in [6, 6.07) is 24.5. The normalized spacial score (nSPS) is 10.6. The molecule has 7 nitrogen and oxygen atoms in total. The van der Waals surface area contributed by atoms with Gasteiger partial charge in [-0.25, -0.2) is 14.3 Å². The third-order valence-electron chi connectivity index (χ3n) is 4.67. The van der Waals surface area contributed by atoms with E-state index in [2.05, 4.69) is 5.10 Å². The Bertz CT molecular complexity index is 1250. The number of aromatic carboxylic acids is 2. The van der Waals surface area contributed by atoms with Crippen LogP contribution in [-0.4, -0.2) is 31.9 Å². The number of carbonyl (C=O) groups is 2. The fourth-order valence-electron chi connectivity index (χ4n) is 3.18. The van der Waals surface area contributed by atoms with Gasteiger partial charge in [0.15, 0.2) is 5.69 Å². The lowest BCUT2D eigenvalue weighted by atomic mass is 10.1. The van der Waals surface area contributed by atoms with Crippen LogP contribution < -0.4 is 4.74 Å². The molecule has 154 valence electrons. The van der Waals surface area contributed by atoms with Crippen molar-refractivity contribution in [3.8, 4) is 22.7 Å². The molecule has 0 aliphatic rings. The molecule has 0 spiro atoms. The van der Waals surface area contributed by atoms with Crippen molar-refractivity contribution >= 4 is 11.9 Å². The van der Waals surface area contributed by atoms with Crippen LogP contribution in [0.1, 0.15) is 26.4 Å². The van der Waals surface area contributed by atoms with E-state index in [1.807, 2.05) is 42.5 Å². The summed E-state index contributed by atoms with van der Waals surface area (Å²) in [5.41, 5.74) is 2.45. The molecule has 0 saturated heterocycles. The molecule has 3 aromatic carbocycles. The number of hydrogen-bond donors (Lipinski definition) is 2. The summed E-state index contributed by atoms with van der Waals surface area (Å²) in [5.74, 6) is -1.71. The zero-order chi connectivity index (χ0) is 21.8. The van der Waals surface area contributed by atoms with E-state index >= 15 is 0 Å². The number of rotatable bonds is 7. The number of nitrogens with zero attached hydrogens (tertiary/aromatic N) is 2. The molecule has 1 heterocycles. The van der Waals surface area contributed by atoms with Gasteiger partial charge in [0.05, 0.1) is 16.9 Å². The van der Waals surface area contributed by atoms with Gasteiger partial charge in [-0.1, -0.05) is 48.5 Å². The smallest absolute Gasteiger partial charge is 0.356 e. The highest BCUT2D eigenvalue weighted by Crippen LogP contribution is 2.33. The quantitative estimate of drug-likeness (QED) is 0.461. The first-order chi connectivity index (χ1) is 15.0. The molecule has 4 rings (SSSR count). The Labute approximate surface area is 177 Å². The second-order valence-corrected chi connectivity index (χ2v) is 6.76. The first-order valence-corrected chi connectivity index (χ1v) is 9.46. The molecular weight excluding hydrogens is 396 g/mol. The first kappa shape index (κ1) is 19.9. The molecule has 0 unspecified atom stereocenters. The first-order valence-electron chi connectivity index (χ1n) is 9.46. The van der Waals surface area contributed by atoms with Gasteiger partial charge in [-0.2, -0.15) is 5.10 Å². The largest absolute Gasteiger partial charge is 0.488 e. The zero-order valence-electron chi connectivity index (χ0n) is 16.3. The maximum atomic E-state index is 11.6. The van der Waals surface area contributed by atoms with Crippen molar-refractivity contribution in [3.05, 3.63) is 102 Å². The van der Waals surface area contributed by atoms with E-state index < -0.39 is 11.9 Å². The van der Waals surface area contributed by atoms with Gasteiger partial charge >= 0.3 is 11.9 Å². The average molecular weight is 414 g/mol. The molecule has 0 bridgehead atoms. The number of aromatic nitrogens is 2. The molecule has 0 fully saturated rings. The zero-order valence-corrected chi connectivity index (χ0v) is 16.3. The molecule has 2 N–H and O–H groups in total. The van der Waals surface area contributed by atoms with Crippen molar-refractivity contribution in [1.29, 1.82) is 0 Å². The molecule has 0 atom stereocenters. The standard InChI is InChI=1S/C24H18N2O5/c27-23(28)17-9-6-10-18(13-17)26-21(14-20(25-26)24(29)30)19-11-4-5-12-22(19)31-15-16-7-2-1-3-8-16/h1-14H,15H2,(H,27,28)(H,29,30). The van der Waals surface area contributed by atoms with E-state index in [0.717, 1.165) is 5.56 Å².